The van der Waals surface area contributed by atoms with Crippen LogP contribution in [0.3, 0.4) is 0 Å². The number of carbonyl (C=O) groups is 2. The van der Waals surface area contributed by atoms with Gasteiger partial charge in [0, 0.05) is 67.8 Å². The molecule has 2 aromatic carbocycles. The fourth-order valence-electron chi connectivity index (χ4n) is 4.23. The summed E-state index contributed by atoms with van der Waals surface area (Å²) in [6.07, 6.45) is 2.60. The third-order valence-corrected chi connectivity index (χ3v) is 6.41. The van der Waals surface area contributed by atoms with Crippen molar-refractivity contribution in [3.8, 4) is 0 Å². The number of likely N-dealkylation sites (tertiary alicyclic amines) is 1. The van der Waals surface area contributed by atoms with Crippen LogP contribution in [-0.2, 0) is 17.8 Å². The lowest BCUT2D eigenvalue weighted by Gasteiger charge is -2.26. The van der Waals surface area contributed by atoms with Gasteiger partial charge in [0.2, 0.25) is 0 Å². The molecule has 0 unspecified atom stereocenters. The van der Waals surface area contributed by atoms with Crippen LogP contribution in [0.25, 0.3) is 10.9 Å². The highest BCUT2D eigenvalue weighted by Gasteiger charge is 2.18. The molecule has 0 aliphatic carbocycles. The number of aryl methyl sites for hydroxylation is 1. The molecule has 1 saturated heterocycles. The first-order valence-electron chi connectivity index (χ1n) is 11.9. The van der Waals surface area contributed by atoms with E-state index in [1.165, 1.54) is 29.1 Å². The van der Waals surface area contributed by atoms with E-state index in [2.05, 4.69) is 48.0 Å². The molecule has 1 aromatic heterocycles. The minimum Gasteiger partial charge on any atom is -0.398 e. The second kappa shape index (κ2) is 11.9. The van der Waals surface area contributed by atoms with Gasteiger partial charge in [-0.3, -0.25) is 14.6 Å². The van der Waals surface area contributed by atoms with Gasteiger partial charge in [0.25, 0.3) is 0 Å². The van der Waals surface area contributed by atoms with E-state index in [9.17, 15) is 9.59 Å². The molecule has 1 fully saturated rings. The van der Waals surface area contributed by atoms with Crippen molar-refractivity contribution in [2.24, 2.45) is 0 Å². The predicted molar refractivity (Wildman–Crippen MR) is 139 cm³/mol. The summed E-state index contributed by atoms with van der Waals surface area (Å²) >= 11 is 0. The average molecular weight is 461 g/mol. The summed E-state index contributed by atoms with van der Waals surface area (Å²) in [4.78, 5) is 30.7. The number of hydrogen-bond acceptors (Lipinski definition) is 6. The summed E-state index contributed by atoms with van der Waals surface area (Å²) in [7, 11) is 4.23. The monoisotopic (exact) mass is 460 g/mol. The first-order valence-corrected chi connectivity index (χ1v) is 11.9. The lowest BCUT2D eigenvalue weighted by molar-refractivity contribution is -0.121. The number of benzene rings is 2. The van der Waals surface area contributed by atoms with Crippen LogP contribution >= 0.6 is 0 Å². The second-order valence-electron chi connectivity index (χ2n) is 9.15. The molecule has 0 spiro atoms. The maximum absolute atomic E-state index is 10.8. The molecule has 0 saturated carbocycles. The number of carbonyl (C=O) groups excluding carboxylic acids is 2. The molecule has 0 amide bonds. The second-order valence-corrected chi connectivity index (χ2v) is 9.15. The van der Waals surface area contributed by atoms with Crippen molar-refractivity contribution in [2.75, 3.05) is 39.5 Å². The molecule has 0 atom stereocenters. The van der Waals surface area contributed by atoms with Crippen LogP contribution in [-0.4, -0.2) is 60.1 Å². The van der Waals surface area contributed by atoms with E-state index < -0.39 is 0 Å². The minimum atomic E-state index is 0.0121. The zero-order valence-electron chi connectivity index (χ0n) is 20.8. The number of ketones is 2. The van der Waals surface area contributed by atoms with Crippen molar-refractivity contribution in [1.29, 1.82) is 0 Å². The number of likely N-dealkylation sites (N-methyl/N-ethyl adjacent to an activating group) is 1. The topological polar surface area (TPSA) is 79.5 Å². The highest BCUT2D eigenvalue weighted by molar-refractivity contribution is 5.98. The summed E-state index contributed by atoms with van der Waals surface area (Å²) in [6.45, 7) is 7.81. The van der Waals surface area contributed by atoms with Crippen molar-refractivity contribution in [2.45, 2.75) is 39.7 Å². The lowest BCUT2D eigenvalue weighted by Crippen LogP contribution is -2.29. The smallest absolute Gasteiger partial charge is 0.161 e. The largest absolute Gasteiger partial charge is 0.398 e. The number of nitrogens with two attached hydrogens (primary N) is 1. The van der Waals surface area contributed by atoms with Crippen LogP contribution in [0.1, 0.15) is 46.9 Å². The molecule has 180 valence electrons. The van der Waals surface area contributed by atoms with Crippen LogP contribution in [0.4, 0.5) is 5.69 Å². The standard InChI is InChI=1S/C14H16N2.C8H9NO.C6H11NO/c1-10-11-5-3-4-6-13(11)15-14-7-8-16(2)9-12(10)14;1-6(10)7-4-2-3-5-8(7)9;1-7-4-2-6(8)3-5-7/h3-6H,7-9H2,1-2H3;2-5H,9H2,1H3;2-5H2,1H3. The molecule has 6 nitrogen and oxygen atoms in total. The fraction of sp³-hybridized carbons (Fsp3) is 0.393. The maximum Gasteiger partial charge on any atom is 0.161 e. The van der Waals surface area contributed by atoms with Gasteiger partial charge in [0.15, 0.2) is 5.78 Å². The van der Waals surface area contributed by atoms with Crippen molar-refractivity contribution in [1.82, 2.24) is 14.8 Å². The summed E-state index contributed by atoms with van der Waals surface area (Å²) in [5.74, 6) is 0.432. The van der Waals surface area contributed by atoms with Crippen LogP contribution in [0.2, 0.25) is 0 Å². The Morgan fingerprint density at radius 2 is 1.53 bits per heavy atom. The summed E-state index contributed by atoms with van der Waals surface area (Å²) < 4.78 is 0. The zero-order chi connectivity index (χ0) is 24.7. The highest BCUT2D eigenvalue weighted by Crippen LogP contribution is 2.26. The van der Waals surface area contributed by atoms with E-state index >= 15 is 0 Å². The average Bonchev–Trinajstić information content (AvgIpc) is 2.83. The Labute approximate surface area is 202 Å². The Balaban J connectivity index is 0.000000155. The molecule has 6 heteroatoms. The number of piperidine rings is 1. The number of aromatic nitrogens is 1. The first-order chi connectivity index (χ1) is 16.3. The molecule has 2 N–H and O–H groups in total. The molecule has 0 bridgehead atoms. The molecule has 5 rings (SSSR count). The number of hydrogen-bond donors (Lipinski definition) is 1. The summed E-state index contributed by atoms with van der Waals surface area (Å²) in [5, 5.41) is 1.30. The number of pyridine rings is 1. The van der Waals surface area contributed by atoms with Crippen molar-refractivity contribution in [3.63, 3.8) is 0 Å². The van der Waals surface area contributed by atoms with Gasteiger partial charge in [-0.1, -0.05) is 30.3 Å². The van der Waals surface area contributed by atoms with Crippen molar-refractivity contribution in [3.05, 3.63) is 70.9 Å². The molecule has 2 aliphatic rings. The fourth-order valence-corrected chi connectivity index (χ4v) is 4.23. The highest BCUT2D eigenvalue weighted by atomic mass is 16.1. The van der Waals surface area contributed by atoms with Gasteiger partial charge in [-0.2, -0.15) is 0 Å². The van der Waals surface area contributed by atoms with Gasteiger partial charge in [0.05, 0.1) is 5.52 Å². The van der Waals surface area contributed by atoms with Gasteiger partial charge in [-0.25, -0.2) is 0 Å². The predicted octanol–water partition coefficient (Wildman–Crippen LogP) is 4.28. The first kappa shape index (κ1) is 25.5. The minimum absolute atomic E-state index is 0.0121. The Morgan fingerprint density at radius 1 is 0.912 bits per heavy atom. The van der Waals surface area contributed by atoms with E-state index in [1.807, 2.05) is 13.1 Å². The summed E-state index contributed by atoms with van der Waals surface area (Å²) in [6, 6.07) is 15.5. The van der Waals surface area contributed by atoms with E-state index in [0.717, 1.165) is 51.0 Å². The normalized spacial score (nSPS) is 16.1. The molecule has 3 aromatic rings. The molecular formula is C28H36N4O2. The van der Waals surface area contributed by atoms with Gasteiger partial charge in [-0.15, -0.1) is 0 Å². The third-order valence-electron chi connectivity index (χ3n) is 6.41. The molecule has 0 radical (unpaired) electrons. The van der Waals surface area contributed by atoms with Gasteiger partial charge >= 0.3 is 0 Å². The maximum atomic E-state index is 10.8. The van der Waals surface area contributed by atoms with E-state index in [1.54, 1.807) is 18.2 Å². The third kappa shape index (κ3) is 6.72. The Bertz CT molecular complexity index is 1150. The van der Waals surface area contributed by atoms with Gasteiger partial charge < -0.3 is 15.5 Å². The van der Waals surface area contributed by atoms with Crippen molar-refractivity contribution >= 4 is 28.2 Å². The number of fused-ring (bicyclic) bond motifs is 2. The van der Waals surface area contributed by atoms with E-state index in [0.29, 0.717) is 17.0 Å². The molecule has 3 heterocycles. The van der Waals surface area contributed by atoms with Crippen LogP contribution < -0.4 is 5.73 Å². The molecule has 34 heavy (non-hydrogen) atoms. The Kier molecular flexibility index (Phi) is 8.91. The molecular weight excluding hydrogens is 424 g/mol. The SMILES string of the molecule is CC(=O)c1ccccc1N.CN1CCC(=O)CC1.Cc1c2c(nc3ccccc13)CCN(C)C2. The quantitative estimate of drug-likeness (QED) is 0.431. The summed E-state index contributed by atoms with van der Waals surface area (Å²) in [5.41, 5.74) is 11.9. The zero-order valence-corrected chi connectivity index (χ0v) is 20.8. The van der Waals surface area contributed by atoms with E-state index in [4.69, 9.17) is 10.7 Å². The number of Topliss-reactive ketones (excluding diaryl/α,β-unsaturated/α-hetero) is 2. The Hall–Kier alpha value is -3.09. The lowest BCUT2D eigenvalue weighted by atomic mass is 9.97. The van der Waals surface area contributed by atoms with Gasteiger partial charge in [-0.05, 0) is 57.3 Å². The Morgan fingerprint density at radius 3 is 2.15 bits per heavy atom. The number of nitrogen functional groups attached to an aromatic ring is 1. The number of rotatable bonds is 1. The van der Waals surface area contributed by atoms with E-state index in [-0.39, 0.29) is 5.78 Å². The number of nitrogens with zero attached hydrogens (tertiary/aromatic N) is 3. The molecule has 2 aliphatic heterocycles. The van der Waals surface area contributed by atoms with Gasteiger partial charge in [0.1, 0.15) is 5.78 Å². The van der Waals surface area contributed by atoms with Crippen LogP contribution in [0, 0.1) is 6.92 Å². The van der Waals surface area contributed by atoms with Crippen molar-refractivity contribution < 1.29 is 9.59 Å². The van der Waals surface area contributed by atoms with Crippen LogP contribution in [0.15, 0.2) is 48.5 Å². The van der Waals surface area contributed by atoms with Crippen LogP contribution in [0.5, 0.6) is 0 Å². The number of anilines is 1. The number of para-hydroxylation sites is 2.